The Balaban J connectivity index is 1.34. The summed E-state index contributed by atoms with van der Waals surface area (Å²) in [5.74, 6) is -0.436. The minimum Gasteiger partial charge on any atom is -0.346 e. The third-order valence-electron chi connectivity index (χ3n) is 5.64. The molecule has 34 heavy (non-hydrogen) atoms. The standard InChI is InChI=1S/C25H21N7O2/c1-3-23(33)31(2)18-8-6-16(7-9-18)25(34)27-14-17-13-20-19(10-12-26-24(20)30-17)21-15-29-32-22(21)5-4-11-28-32/h3-13,15H,1,14H2,2H3,(H,26,30)(H,27,34). The van der Waals surface area contributed by atoms with Gasteiger partial charge in [0.05, 0.1) is 18.3 Å². The fourth-order valence-electron chi connectivity index (χ4n) is 3.83. The molecule has 9 heteroatoms. The molecule has 0 saturated heterocycles. The Kier molecular flexibility index (Phi) is 5.35. The van der Waals surface area contributed by atoms with E-state index in [4.69, 9.17) is 0 Å². The van der Waals surface area contributed by atoms with Crippen LogP contribution in [0.3, 0.4) is 0 Å². The largest absolute Gasteiger partial charge is 0.346 e. The van der Waals surface area contributed by atoms with Crippen LogP contribution >= 0.6 is 0 Å². The molecule has 0 bridgehead atoms. The highest BCUT2D eigenvalue weighted by atomic mass is 16.2. The van der Waals surface area contributed by atoms with E-state index < -0.39 is 0 Å². The molecule has 0 aliphatic carbocycles. The van der Waals surface area contributed by atoms with Gasteiger partial charge in [0.25, 0.3) is 5.91 Å². The van der Waals surface area contributed by atoms with E-state index in [0.29, 0.717) is 17.8 Å². The molecule has 1 aromatic carbocycles. The average Bonchev–Trinajstić information content (AvgIpc) is 3.50. The summed E-state index contributed by atoms with van der Waals surface area (Å²) in [4.78, 5) is 33.6. The number of aromatic nitrogens is 5. The van der Waals surface area contributed by atoms with E-state index in [1.165, 1.54) is 11.0 Å². The number of anilines is 1. The van der Waals surface area contributed by atoms with Crippen molar-refractivity contribution in [2.24, 2.45) is 0 Å². The van der Waals surface area contributed by atoms with Crippen LogP contribution in [-0.4, -0.2) is 43.7 Å². The molecule has 0 unspecified atom stereocenters. The Morgan fingerprint density at radius 2 is 1.94 bits per heavy atom. The number of H-pyrrole nitrogens is 1. The summed E-state index contributed by atoms with van der Waals surface area (Å²) >= 11 is 0. The van der Waals surface area contributed by atoms with Crippen LogP contribution < -0.4 is 10.2 Å². The van der Waals surface area contributed by atoms with E-state index in [9.17, 15) is 9.59 Å². The highest BCUT2D eigenvalue weighted by molar-refractivity contribution is 6.01. The Labute approximate surface area is 194 Å². The molecule has 4 aromatic heterocycles. The Morgan fingerprint density at radius 1 is 1.12 bits per heavy atom. The fraction of sp³-hybridized carbons (Fsp3) is 0.0800. The SMILES string of the molecule is C=CC(=O)N(C)c1ccc(C(=O)NCc2cc3c(-c4cnn5ncccc45)ccnc3[nH]2)cc1. The molecule has 4 heterocycles. The van der Waals surface area contributed by atoms with E-state index in [0.717, 1.165) is 33.4 Å². The number of nitrogens with zero attached hydrogens (tertiary/aromatic N) is 5. The van der Waals surface area contributed by atoms with Gasteiger partial charge in [0.2, 0.25) is 5.91 Å². The molecule has 2 amide bonds. The second-order valence-electron chi connectivity index (χ2n) is 7.70. The van der Waals surface area contributed by atoms with Crippen molar-refractivity contribution < 1.29 is 9.59 Å². The minimum atomic E-state index is -0.218. The molecule has 5 aromatic rings. The monoisotopic (exact) mass is 451 g/mol. The highest BCUT2D eigenvalue weighted by Gasteiger charge is 2.14. The maximum Gasteiger partial charge on any atom is 0.251 e. The minimum absolute atomic E-state index is 0.218. The number of fused-ring (bicyclic) bond motifs is 2. The Hall–Kier alpha value is -4.79. The van der Waals surface area contributed by atoms with Crippen molar-refractivity contribution in [1.82, 2.24) is 30.1 Å². The summed E-state index contributed by atoms with van der Waals surface area (Å²) in [5.41, 5.74) is 5.56. The molecular formula is C25H21N7O2. The van der Waals surface area contributed by atoms with E-state index in [1.54, 1.807) is 54.5 Å². The molecule has 168 valence electrons. The number of benzene rings is 1. The van der Waals surface area contributed by atoms with Gasteiger partial charge in [-0.05, 0) is 60.2 Å². The maximum atomic E-state index is 12.6. The van der Waals surface area contributed by atoms with E-state index in [1.807, 2.05) is 24.3 Å². The van der Waals surface area contributed by atoms with Crippen molar-refractivity contribution in [3.05, 3.63) is 91.0 Å². The first-order valence-corrected chi connectivity index (χ1v) is 10.6. The van der Waals surface area contributed by atoms with Gasteiger partial charge in [-0.3, -0.25) is 9.59 Å². The van der Waals surface area contributed by atoms with Gasteiger partial charge in [0.15, 0.2) is 0 Å². The van der Waals surface area contributed by atoms with Crippen LogP contribution in [0.1, 0.15) is 16.1 Å². The van der Waals surface area contributed by atoms with Crippen molar-refractivity contribution in [3.63, 3.8) is 0 Å². The van der Waals surface area contributed by atoms with E-state index in [2.05, 4.69) is 32.1 Å². The van der Waals surface area contributed by atoms with Crippen molar-refractivity contribution in [3.8, 4) is 11.1 Å². The number of pyridine rings is 1. The molecular weight excluding hydrogens is 430 g/mol. The number of carbonyl (C=O) groups excluding carboxylic acids is 2. The first kappa shape index (κ1) is 21.1. The number of aromatic amines is 1. The molecule has 0 fully saturated rings. The first-order chi connectivity index (χ1) is 16.5. The van der Waals surface area contributed by atoms with E-state index >= 15 is 0 Å². The average molecular weight is 451 g/mol. The lowest BCUT2D eigenvalue weighted by atomic mass is 10.1. The molecule has 0 spiro atoms. The molecule has 5 rings (SSSR count). The molecule has 0 radical (unpaired) electrons. The number of amides is 2. The third kappa shape index (κ3) is 3.79. The van der Waals surface area contributed by atoms with Crippen molar-refractivity contribution in [2.75, 3.05) is 11.9 Å². The second-order valence-corrected chi connectivity index (χ2v) is 7.70. The van der Waals surface area contributed by atoms with Crippen LogP contribution in [0.2, 0.25) is 0 Å². The summed E-state index contributed by atoms with van der Waals surface area (Å²) in [5, 5.41) is 12.4. The zero-order valence-electron chi connectivity index (χ0n) is 18.4. The lowest BCUT2D eigenvalue weighted by molar-refractivity contribution is -0.113. The van der Waals surface area contributed by atoms with Gasteiger partial charge >= 0.3 is 0 Å². The van der Waals surface area contributed by atoms with Crippen molar-refractivity contribution >= 4 is 34.1 Å². The molecule has 2 N–H and O–H groups in total. The van der Waals surface area contributed by atoms with Crippen LogP contribution in [0.15, 0.2) is 79.8 Å². The van der Waals surface area contributed by atoms with Crippen LogP contribution in [0.5, 0.6) is 0 Å². The van der Waals surface area contributed by atoms with Crippen LogP contribution in [0.25, 0.3) is 27.7 Å². The quantitative estimate of drug-likeness (QED) is 0.385. The van der Waals surface area contributed by atoms with Gasteiger partial charge in [-0.1, -0.05) is 6.58 Å². The summed E-state index contributed by atoms with van der Waals surface area (Å²) in [6.45, 7) is 3.79. The number of carbonyl (C=O) groups is 2. The summed E-state index contributed by atoms with van der Waals surface area (Å²) in [7, 11) is 1.65. The maximum absolute atomic E-state index is 12.6. The van der Waals surface area contributed by atoms with Gasteiger partial charge in [-0.2, -0.15) is 14.8 Å². The van der Waals surface area contributed by atoms with Gasteiger partial charge < -0.3 is 15.2 Å². The van der Waals surface area contributed by atoms with E-state index in [-0.39, 0.29) is 11.8 Å². The smallest absolute Gasteiger partial charge is 0.251 e. The second kappa shape index (κ2) is 8.62. The zero-order chi connectivity index (χ0) is 23.7. The van der Waals surface area contributed by atoms with Crippen LogP contribution in [0, 0.1) is 0 Å². The lowest BCUT2D eigenvalue weighted by Crippen LogP contribution is -2.25. The summed E-state index contributed by atoms with van der Waals surface area (Å²) in [6, 6.07) is 14.6. The number of likely N-dealkylation sites (N-methyl/N-ethyl adjacent to an activating group) is 1. The predicted octanol–water partition coefficient (Wildman–Crippen LogP) is 3.35. The lowest BCUT2D eigenvalue weighted by Gasteiger charge is -2.15. The Bertz CT molecular complexity index is 1530. The molecule has 0 aliphatic heterocycles. The normalized spacial score (nSPS) is 11.0. The third-order valence-corrected chi connectivity index (χ3v) is 5.64. The highest BCUT2D eigenvalue weighted by Crippen LogP contribution is 2.30. The number of hydrogen-bond donors (Lipinski definition) is 2. The van der Waals surface area contributed by atoms with Gasteiger partial charge in [-0.25, -0.2) is 4.98 Å². The van der Waals surface area contributed by atoms with Crippen LogP contribution in [-0.2, 0) is 11.3 Å². The zero-order valence-corrected chi connectivity index (χ0v) is 18.4. The van der Waals surface area contributed by atoms with Crippen molar-refractivity contribution in [1.29, 1.82) is 0 Å². The van der Waals surface area contributed by atoms with Gasteiger partial charge in [0.1, 0.15) is 5.65 Å². The molecule has 0 aliphatic rings. The van der Waals surface area contributed by atoms with Gasteiger partial charge in [-0.15, -0.1) is 0 Å². The number of rotatable bonds is 6. The summed E-state index contributed by atoms with van der Waals surface area (Å²) in [6.07, 6.45) is 6.46. The number of hydrogen-bond acceptors (Lipinski definition) is 5. The summed E-state index contributed by atoms with van der Waals surface area (Å²) < 4.78 is 1.59. The Morgan fingerprint density at radius 3 is 2.74 bits per heavy atom. The van der Waals surface area contributed by atoms with Crippen molar-refractivity contribution in [2.45, 2.75) is 6.54 Å². The van der Waals surface area contributed by atoms with Gasteiger partial charge in [0, 0.05) is 47.3 Å². The predicted molar refractivity (Wildman–Crippen MR) is 129 cm³/mol. The first-order valence-electron chi connectivity index (χ1n) is 10.6. The molecule has 0 saturated carbocycles. The molecule has 9 nitrogen and oxygen atoms in total. The fourth-order valence-corrected chi connectivity index (χ4v) is 3.83. The topological polar surface area (TPSA) is 108 Å². The van der Waals surface area contributed by atoms with Crippen LogP contribution in [0.4, 0.5) is 5.69 Å². The number of nitrogens with one attached hydrogen (secondary N) is 2. The molecule has 0 atom stereocenters.